The first-order valence-corrected chi connectivity index (χ1v) is 7.25. The standard InChI is InChI=1S/C13H22BrN3O/c1-3-16(4-2)9-7-15-8-10-17-11-12(14)5-6-13(17)18/h5-6,11,15H,3-4,7-10H2,1-2H3. The van der Waals surface area contributed by atoms with Crippen molar-refractivity contribution in [2.75, 3.05) is 32.7 Å². The Morgan fingerprint density at radius 3 is 2.67 bits per heavy atom. The number of likely N-dealkylation sites (N-methyl/N-ethyl adjacent to an activating group) is 1. The van der Waals surface area contributed by atoms with E-state index < -0.39 is 0 Å². The van der Waals surface area contributed by atoms with Gasteiger partial charge in [-0.1, -0.05) is 13.8 Å². The van der Waals surface area contributed by atoms with Crippen molar-refractivity contribution >= 4 is 15.9 Å². The second kappa shape index (κ2) is 8.45. The summed E-state index contributed by atoms with van der Waals surface area (Å²) in [4.78, 5) is 13.9. The SMILES string of the molecule is CCN(CC)CCNCCn1cc(Br)ccc1=O. The van der Waals surface area contributed by atoms with Gasteiger partial charge in [0, 0.05) is 42.9 Å². The van der Waals surface area contributed by atoms with Crippen LogP contribution in [0.5, 0.6) is 0 Å². The van der Waals surface area contributed by atoms with E-state index in [2.05, 4.69) is 40.0 Å². The minimum Gasteiger partial charge on any atom is -0.314 e. The molecule has 1 rings (SSSR count). The number of halogens is 1. The van der Waals surface area contributed by atoms with E-state index in [4.69, 9.17) is 0 Å². The van der Waals surface area contributed by atoms with E-state index in [-0.39, 0.29) is 5.56 Å². The molecule has 0 aromatic carbocycles. The summed E-state index contributed by atoms with van der Waals surface area (Å²) in [6.45, 7) is 10.1. The summed E-state index contributed by atoms with van der Waals surface area (Å²) in [5.74, 6) is 0. The molecular weight excluding hydrogens is 294 g/mol. The lowest BCUT2D eigenvalue weighted by Crippen LogP contribution is -2.34. The average molecular weight is 316 g/mol. The van der Waals surface area contributed by atoms with Crippen molar-refractivity contribution in [1.82, 2.24) is 14.8 Å². The monoisotopic (exact) mass is 315 g/mol. The van der Waals surface area contributed by atoms with E-state index in [1.165, 1.54) is 0 Å². The third-order valence-electron chi connectivity index (χ3n) is 2.98. The van der Waals surface area contributed by atoms with E-state index in [1.54, 1.807) is 16.7 Å². The second-order valence-corrected chi connectivity index (χ2v) is 5.07. The van der Waals surface area contributed by atoms with E-state index in [9.17, 15) is 4.79 Å². The highest BCUT2D eigenvalue weighted by molar-refractivity contribution is 9.10. The number of hydrogen-bond donors (Lipinski definition) is 1. The predicted octanol–water partition coefficient (Wildman–Crippen LogP) is 1.54. The molecule has 5 heteroatoms. The van der Waals surface area contributed by atoms with Crippen LogP contribution in [0.1, 0.15) is 13.8 Å². The Morgan fingerprint density at radius 1 is 1.28 bits per heavy atom. The van der Waals surface area contributed by atoms with Gasteiger partial charge in [-0.3, -0.25) is 4.79 Å². The molecule has 1 N–H and O–H groups in total. The van der Waals surface area contributed by atoms with E-state index in [0.29, 0.717) is 6.54 Å². The molecule has 4 nitrogen and oxygen atoms in total. The van der Waals surface area contributed by atoms with Gasteiger partial charge in [0.05, 0.1) is 0 Å². The molecule has 0 spiro atoms. The molecule has 1 heterocycles. The summed E-state index contributed by atoms with van der Waals surface area (Å²) in [6, 6.07) is 3.35. The predicted molar refractivity (Wildman–Crippen MR) is 79.1 cm³/mol. The van der Waals surface area contributed by atoms with Crippen LogP contribution in [-0.4, -0.2) is 42.2 Å². The first-order chi connectivity index (χ1) is 8.67. The molecule has 0 amide bonds. The lowest BCUT2D eigenvalue weighted by molar-refractivity contribution is 0.302. The van der Waals surface area contributed by atoms with Gasteiger partial charge in [0.1, 0.15) is 0 Å². The zero-order valence-electron chi connectivity index (χ0n) is 11.2. The number of hydrogen-bond acceptors (Lipinski definition) is 3. The summed E-state index contributed by atoms with van der Waals surface area (Å²) < 4.78 is 2.65. The number of pyridine rings is 1. The maximum absolute atomic E-state index is 11.5. The van der Waals surface area contributed by atoms with Crippen molar-refractivity contribution in [2.24, 2.45) is 0 Å². The van der Waals surface area contributed by atoms with E-state index in [0.717, 1.165) is 37.2 Å². The van der Waals surface area contributed by atoms with Crippen molar-refractivity contribution in [2.45, 2.75) is 20.4 Å². The van der Waals surface area contributed by atoms with Crippen LogP contribution in [0.15, 0.2) is 27.6 Å². The summed E-state index contributed by atoms with van der Waals surface area (Å²) >= 11 is 3.37. The van der Waals surface area contributed by atoms with Crippen LogP contribution in [0.4, 0.5) is 0 Å². The van der Waals surface area contributed by atoms with Crippen molar-refractivity contribution in [3.05, 3.63) is 33.2 Å². The minimum atomic E-state index is 0.0451. The molecule has 0 aliphatic heterocycles. The van der Waals surface area contributed by atoms with Gasteiger partial charge in [-0.2, -0.15) is 0 Å². The smallest absolute Gasteiger partial charge is 0.250 e. The Morgan fingerprint density at radius 2 is 2.00 bits per heavy atom. The first kappa shape index (κ1) is 15.4. The van der Waals surface area contributed by atoms with E-state index >= 15 is 0 Å². The molecule has 0 bridgehead atoms. The molecule has 0 unspecified atom stereocenters. The van der Waals surface area contributed by atoms with Crippen LogP contribution in [0.25, 0.3) is 0 Å². The third kappa shape index (κ3) is 5.33. The quantitative estimate of drug-likeness (QED) is 0.739. The van der Waals surface area contributed by atoms with Crippen LogP contribution >= 0.6 is 15.9 Å². The van der Waals surface area contributed by atoms with Gasteiger partial charge in [0.25, 0.3) is 5.56 Å². The molecule has 0 saturated carbocycles. The van der Waals surface area contributed by atoms with Crippen LogP contribution < -0.4 is 10.9 Å². The van der Waals surface area contributed by atoms with Crippen LogP contribution in [0.2, 0.25) is 0 Å². The Kier molecular flexibility index (Phi) is 7.23. The maximum Gasteiger partial charge on any atom is 0.250 e. The number of nitrogens with zero attached hydrogens (tertiary/aromatic N) is 2. The average Bonchev–Trinajstić information content (AvgIpc) is 2.38. The minimum absolute atomic E-state index is 0.0451. The van der Waals surface area contributed by atoms with Gasteiger partial charge < -0.3 is 14.8 Å². The fourth-order valence-corrected chi connectivity index (χ4v) is 2.16. The first-order valence-electron chi connectivity index (χ1n) is 6.46. The van der Waals surface area contributed by atoms with Gasteiger partial charge in [-0.05, 0) is 35.1 Å². The lowest BCUT2D eigenvalue weighted by Gasteiger charge is -2.18. The van der Waals surface area contributed by atoms with Gasteiger partial charge in [-0.15, -0.1) is 0 Å². The molecule has 102 valence electrons. The molecule has 0 atom stereocenters. The van der Waals surface area contributed by atoms with E-state index in [1.807, 2.05) is 6.20 Å². The summed E-state index contributed by atoms with van der Waals surface area (Å²) in [5, 5.41) is 3.36. The number of rotatable bonds is 8. The summed E-state index contributed by atoms with van der Waals surface area (Å²) in [7, 11) is 0. The van der Waals surface area contributed by atoms with Crippen molar-refractivity contribution in [3.63, 3.8) is 0 Å². The highest BCUT2D eigenvalue weighted by atomic mass is 79.9. The molecular formula is C13H22BrN3O. The van der Waals surface area contributed by atoms with Crippen LogP contribution in [0, 0.1) is 0 Å². The van der Waals surface area contributed by atoms with Crippen LogP contribution in [0.3, 0.4) is 0 Å². The van der Waals surface area contributed by atoms with Crippen molar-refractivity contribution < 1.29 is 0 Å². The van der Waals surface area contributed by atoms with Gasteiger partial charge >= 0.3 is 0 Å². The molecule has 0 saturated heterocycles. The molecule has 1 aromatic heterocycles. The van der Waals surface area contributed by atoms with Crippen molar-refractivity contribution in [1.29, 1.82) is 0 Å². The molecule has 18 heavy (non-hydrogen) atoms. The third-order valence-corrected chi connectivity index (χ3v) is 3.45. The highest BCUT2D eigenvalue weighted by Gasteiger charge is 1.99. The van der Waals surface area contributed by atoms with Crippen molar-refractivity contribution in [3.8, 4) is 0 Å². The lowest BCUT2D eigenvalue weighted by atomic mass is 10.4. The van der Waals surface area contributed by atoms with Gasteiger partial charge in [-0.25, -0.2) is 0 Å². The largest absolute Gasteiger partial charge is 0.314 e. The van der Waals surface area contributed by atoms with Gasteiger partial charge in [0.2, 0.25) is 0 Å². The Balaban J connectivity index is 2.25. The molecule has 0 fully saturated rings. The Hall–Kier alpha value is -0.650. The van der Waals surface area contributed by atoms with Gasteiger partial charge in [0.15, 0.2) is 0 Å². The molecule has 0 aliphatic carbocycles. The molecule has 1 aromatic rings. The zero-order chi connectivity index (χ0) is 13.4. The molecule has 0 radical (unpaired) electrons. The fourth-order valence-electron chi connectivity index (χ4n) is 1.78. The molecule has 0 aliphatic rings. The second-order valence-electron chi connectivity index (χ2n) is 4.16. The number of nitrogens with one attached hydrogen (secondary N) is 1. The Labute approximate surface area is 117 Å². The highest BCUT2D eigenvalue weighted by Crippen LogP contribution is 2.04. The topological polar surface area (TPSA) is 37.3 Å². The fraction of sp³-hybridized carbons (Fsp3) is 0.615. The maximum atomic E-state index is 11.5. The number of aromatic nitrogens is 1. The van der Waals surface area contributed by atoms with Crippen LogP contribution in [-0.2, 0) is 6.54 Å². The Bertz CT molecular complexity index is 401. The summed E-state index contributed by atoms with van der Waals surface area (Å²) in [5.41, 5.74) is 0.0451. The normalized spacial score (nSPS) is 11.1. The zero-order valence-corrected chi connectivity index (χ0v) is 12.7. The summed E-state index contributed by atoms with van der Waals surface area (Å²) in [6.07, 6.45) is 1.83.